The van der Waals surface area contributed by atoms with Crippen LogP contribution in [0.3, 0.4) is 0 Å². The van der Waals surface area contributed by atoms with Gasteiger partial charge in [-0.3, -0.25) is 0 Å². The van der Waals surface area contributed by atoms with E-state index < -0.39 is 0 Å². The Kier molecular flexibility index (Phi) is 1.48. The van der Waals surface area contributed by atoms with E-state index in [1.807, 2.05) is 12.1 Å². The standard InChI is InChI=1S/C12H15N3/c1-8-4-3-5-9-10(8)15(11(13)14-9)12(2)6-7-12/h3-5H,6-7H2,1-2H3,(H2,13,14). The molecule has 0 aliphatic heterocycles. The van der Waals surface area contributed by atoms with Crippen LogP contribution < -0.4 is 5.73 Å². The van der Waals surface area contributed by atoms with E-state index in [1.165, 1.54) is 23.9 Å². The third-order valence-corrected chi connectivity index (χ3v) is 3.42. The first-order chi connectivity index (χ1) is 7.12. The lowest BCUT2D eigenvalue weighted by molar-refractivity contribution is 0.556. The molecule has 1 fully saturated rings. The van der Waals surface area contributed by atoms with E-state index >= 15 is 0 Å². The van der Waals surface area contributed by atoms with Crippen LogP contribution in [0.4, 0.5) is 5.95 Å². The van der Waals surface area contributed by atoms with Crippen molar-refractivity contribution in [2.75, 3.05) is 5.73 Å². The number of aromatic nitrogens is 2. The number of nitrogens with zero attached hydrogens (tertiary/aromatic N) is 2. The van der Waals surface area contributed by atoms with Crippen LogP contribution in [0.25, 0.3) is 11.0 Å². The van der Waals surface area contributed by atoms with E-state index in [-0.39, 0.29) is 5.54 Å². The number of fused-ring (bicyclic) bond motifs is 1. The number of hydrogen-bond donors (Lipinski definition) is 1. The third kappa shape index (κ3) is 1.09. The van der Waals surface area contributed by atoms with Crippen molar-refractivity contribution in [2.24, 2.45) is 0 Å². The topological polar surface area (TPSA) is 43.8 Å². The Morgan fingerprint density at radius 2 is 2.13 bits per heavy atom. The number of anilines is 1. The monoisotopic (exact) mass is 201 g/mol. The van der Waals surface area contributed by atoms with Crippen LogP contribution in [-0.2, 0) is 5.54 Å². The summed E-state index contributed by atoms with van der Waals surface area (Å²) in [7, 11) is 0. The Bertz CT molecular complexity index is 535. The summed E-state index contributed by atoms with van der Waals surface area (Å²) in [5.41, 5.74) is 9.69. The van der Waals surface area contributed by atoms with Crippen molar-refractivity contribution in [2.45, 2.75) is 32.2 Å². The molecule has 0 amide bonds. The molecule has 0 radical (unpaired) electrons. The van der Waals surface area contributed by atoms with Crippen LogP contribution in [0.2, 0.25) is 0 Å². The second-order valence-corrected chi connectivity index (χ2v) is 4.74. The highest BCUT2D eigenvalue weighted by atomic mass is 15.2. The van der Waals surface area contributed by atoms with E-state index in [0.717, 1.165) is 5.52 Å². The van der Waals surface area contributed by atoms with E-state index in [0.29, 0.717) is 5.95 Å². The maximum absolute atomic E-state index is 6.00. The molecular formula is C12H15N3. The van der Waals surface area contributed by atoms with Gasteiger partial charge in [-0.05, 0) is 38.3 Å². The van der Waals surface area contributed by atoms with E-state index in [2.05, 4.69) is 29.5 Å². The Labute approximate surface area is 88.9 Å². The highest BCUT2D eigenvalue weighted by Crippen LogP contribution is 2.46. The Hall–Kier alpha value is -1.51. The zero-order valence-electron chi connectivity index (χ0n) is 9.12. The number of aryl methyl sites for hydroxylation is 1. The van der Waals surface area contributed by atoms with Gasteiger partial charge in [0.1, 0.15) is 0 Å². The van der Waals surface area contributed by atoms with Crippen LogP contribution in [0, 0.1) is 6.92 Å². The fourth-order valence-electron chi connectivity index (χ4n) is 2.26. The molecule has 3 heteroatoms. The molecule has 1 saturated carbocycles. The Morgan fingerprint density at radius 1 is 1.40 bits per heavy atom. The molecule has 0 atom stereocenters. The highest BCUT2D eigenvalue weighted by molar-refractivity contribution is 5.82. The minimum Gasteiger partial charge on any atom is -0.369 e. The third-order valence-electron chi connectivity index (χ3n) is 3.42. The molecule has 2 aromatic rings. The minimum atomic E-state index is 0.213. The van der Waals surface area contributed by atoms with E-state index in [9.17, 15) is 0 Å². The summed E-state index contributed by atoms with van der Waals surface area (Å²) in [5, 5.41) is 0. The number of nitrogen functional groups attached to an aromatic ring is 1. The Morgan fingerprint density at radius 3 is 2.80 bits per heavy atom. The molecule has 15 heavy (non-hydrogen) atoms. The van der Waals surface area contributed by atoms with Crippen molar-refractivity contribution in [1.82, 2.24) is 9.55 Å². The maximum atomic E-state index is 6.00. The van der Waals surface area contributed by atoms with Gasteiger partial charge in [0.15, 0.2) is 0 Å². The SMILES string of the molecule is Cc1cccc2nc(N)n(C3(C)CC3)c12. The molecule has 0 bridgehead atoms. The van der Waals surface area contributed by atoms with Crippen LogP contribution in [-0.4, -0.2) is 9.55 Å². The highest BCUT2D eigenvalue weighted by Gasteiger charge is 2.41. The van der Waals surface area contributed by atoms with Crippen LogP contribution in [0.15, 0.2) is 18.2 Å². The second kappa shape index (κ2) is 2.54. The average Bonchev–Trinajstić information content (AvgIpc) is 2.79. The van der Waals surface area contributed by atoms with E-state index in [1.54, 1.807) is 0 Å². The number of hydrogen-bond acceptors (Lipinski definition) is 2. The number of imidazole rings is 1. The molecule has 1 aromatic carbocycles. The molecular weight excluding hydrogens is 186 g/mol. The number of para-hydroxylation sites is 1. The summed E-state index contributed by atoms with van der Waals surface area (Å²) in [6, 6.07) is 6.18. The van der Waals surface area contributed by atoms with Gasteiger partial charge in [-0.1, -0.05) is 12.1 Å². The van der Waals surface area contributed by atoms with Crippen LogP contribution in [0.1, 0.15) is 25.3 Å². The van der Waals surface area contributed by atoms with E-state index in [4.69, 9.17) is 5.73 Å². The van der Waals surface area contributed by atoms with Gasteiger partial charge in [-0.15, -0.1) is 0 Å². The lowest BCUT2D eigenvalue weighted by Gasteiger charge is -2.14. The lowest BCUT2D eigenvalue weighted by Crippen LogP contribution is -2.15. The molecule has 1 aromatic heterocycles. The number of nitrogens with two attached hydrogens (primary N) is 1. The molecule has 0 spiro atoms. The second-order valence-electron chi connectivity index (χ2n) is 4.74. The molecule has 2 N–H and O–H groups in total. The molecule has 0 saturated heterocycles. The van der Waals surface area contributed by atoms with Gasteiger partial charge in [0.25, 0.3) is 0 Å². The molecule has 3 nitrogen and oxygen atoms in total. The Balaban J connectivity index is 2.41. The fraction of sp³-hybridized carbons (Fsp3) is 0.417. The van der Waals surface area contributed by atoms with Gasteiger partial charge in [-0.2, -0.15) is 0 Å². The van der Waals surface area contributed by atoms with Gasteiger partial charge in [0.2, 0.25) is 5.95 Å². The quantitative estimate of drug-likeness (QED) is 0.770. The van der Waals surface area contributed by atoms with Crippen molar-refractivity contribution in [3.05, 3.63) is 23.8 Å². The molecule has 3 rings (SSSR count). The van der Waals surface area contributed by atoms with Crippen molar-refractivity contribution in [3.8, 4) is 0 Å². The normalized spacial score (nSPS) is 18.3. The summed E-state index contributed by atoms with van der Waals surface area (Å²) < 4.78 is 2.21. The van der Waals surface area contributed by atoms with Crippen LogP contribution in [0.5, 0.6) is 0 Å². The minimum absolute atomic E-state index is 0.213. The lowest BCUT2D eigenvalue weighted by atomic mass is 10.2. The van der Waals surface area contributed by atoms with Crippen molar-refractivity contribution < 1.29 is 0 Å². The van der Waals surface area contributed by atoms with Crippen LogP contribution >= 0.6 is 0 Å². The largest absolute Gasteiger partial charge is 0.369 e. The van der Waals surface area contributed by atoms with Gasteiger partial charge in [0, 0.05) is 5.54 Å². The summed E-state index contributed by atoms with van der Waals surface area (Å²) >= 11 is 0. The summed E-state index contributed by atoms with van der Waals surface area (Å²) in [5.74, 6) is 0.652. The van der Waals surface area contributed by atoms with Crippen molar-refractivity contribution >= 4 is 17.0 Å². The first kappa shape index (κ1) is 8.77. The zero-order valence-corrected chi connectivity index (χ0v) is 9.12. The van der Waals surface area contributed by atoms with Crippen molar-refractivity contribution in [3.63, 3.8) is 0 Å². The van der Waals surface area contributed by atoms with Gasteiger partial charge >= 0.3 is 0 Å². The van der Waals surface area contributed by atoms with Crippen molar-refractivity contribution in [1.29, 1.82) is 0 Å². The predicted octanol–water partition coefficient (Wildman–Crippen LogP) is 2.44. The first-order valence-corrected chi connectivity index (χ1v) is 5.36. The number of benzene rings is 1. The average molecular weight is 201 g/mol. The maximum Gasteiger partial charge on any atom is 0.201 e. The smallest absolute Gasteiger partial charge is 0.201 e. The summed E-state index contributed by atoms with van der Waals surface area (Å²) in [6.45, 7) is 4.36. The fourth-order valence-corrected chi connectivity index (χ4v) is 2.26. The molecule has 0 unspecified atom stereocenters. The zero-order chi connectivity index (χ0) is 10.6. The summed E-state index contributed by atoms with van der Waals surface area (Å²) in [6.07, 6.45) is 2.41. The van der Waals surface area contributed by atoms with Gasteiger partial charge in [0.05, 0.1) is 11.0 Å². The van der Waals surface area contributed by atoms with Gasteiger partial charge < -0.3 is 10.3 Å². The molecule has 1 heterocycles. The molecule has 1 aliphatic carbocycles. The summed E-state index contributed by atoms with van der Waals surface area (Å²) in [4.78, 5) is 4.42. The van der Waals surface area contributed by atoms with Gasteiger partial charge in [-0.25, -0.2) is 4.98 Å². The first-order valence-electron chi connectivity index (χ1n) is 5.36. The molecule has 78 valence electrons. The molecule has 1 aliphatic rings. The number of rotatable bonds is 1. The predicted molar refractivity (Wildman–Crippen MR) is 61.8 cm³/mol.